The average molecular weight is 469 g/mol. The Balaban J connectivity index is 1.92. The third kappa shape index (κ3) is 5.68. The Morgan fingerprint density at radius 2 is 1.67 bits per heavy atom. The summed E-state index contributed by atoms with van der Waals surface area (Å²) in [4.78, 5) is 12.9. The van der Waals surface area contributed by atoms with Crippen LogP contribution in [0.15, 0.2) is 47.4 Å². The van der Waals surface area contributed by atoms with Gasteiger partial charge in [-0.1, -0.05) is 66.6 Å². The number of hydrogen-bond acceptors (Lipinski definition) is 3. The highest BCUT2D eigenvalue weighted by Gasteiger charge is 2.29. The van der Waals surface area contributed by atoms with Gasteiger partial charge in [0.05, 0.1) is 15.6 Å². The van der Waals surface area contributed by atoms with Crippen LogP contribution in [-0.4, -0.2) is 26.9 Å². The Hall–Kier alpha value is -1.76. The van der Waals surface area contributed by atoms with Gasteiger partial charge in [-0.2, -0.15) is 0 Å². The van der Waals surface area contributed by atoms with Crippen molar-refractivity contribution in [1.82, 2.24) is 5.32 Å². The molecule has 0 saturated heterocycles. The second-order valence-electron chi connectivity index (χ2n) is 7.68. The molecule has 1 saturated carbocycles. The first-order valence-corrected chi connectivity index (χ1v) is 12.3. The van der Waals surface area contributed by atoms with Gasteiger partial charge in [0.25, 0.3) is 10.0 Å². The summed E-state index contributed by atoms with van der Waals surface area (Å²) >= 11 is 12.4. The number of hydrogen-bond donors (Lipinski definition) is 1. The highest BCUT2D eigenvalue weighted by atomic mass is 35.5. The molecule has 8 heteroatoms. The number of amides is 1. The SMILES string of the molecule is Cc1ccc(S(=O)(=O)N(CC(=O)NC2CCCCCC2)c2cc(Cl)ccc2Cl)cc1. The van der Waals surface area contributed by atoms with Crippen LogP contribution in [0.1, 0.15) is 44.1 Å². The maximum absolute atomic E-state index is 13.4. The van der Waals surface area contributed by atoms with Gasteiger partial charge in [0.15, 0.2) is 0 Å². The number of rotatable bonds is 6. The van der Waals surface area contributed by atoms with Gasteiger partial charge >= 0.3 is 0 Å². The first-order valence-electron chi connectivity index (χ1n) is 10.1. The largest absolute Gasteiger partial charge is 0.352 e. The molecule has 0 atom stereocenters. The standard InChI is InChI=1S/C22H26Cl2N2O3S/c1-16-8-11-19(12-9-16)30(28,29)26(21-14-17(23)10-13-20(21)24)15-22(27)25-18-6-4-2-3-5-7-18/h8-14,18H,2-7,15H2,1H3,(H,25,27). The minimum atomic E-state index is -4.02. The summed E-state index contributed by atoms with van der Waals surface area (Å²) in [6, 6.07) is 11.1. The summed E-state index contributed by atoms with van der Waals surface area (Å²) in [5, 5.41) is 3.55. The number of nitrogens with one attached hydrogen (secondary N) is 1. The zero-order valence-corrected chi connectivity index (χ0v) is 19.2. The van der Waals surface area contributed by atoms with Crippen LogP contribution in [0.3, 0.4) is 0 Å². The van der Waals surface area contributed by atoms with Crippen LogP contribution in [0.5, 0.6) is 0 Å². The second kappa shape index (κ2) is 10.0. The molecule has 0 unspecified atom stereocenters. The normalized spacial score (nSPS) is 15.4. The van der Waals surface area contributed by atoms with Crippen LogP contribution in [0.4, 0.5) is 5.69 Å². The van der Waals surface area contributed by atoms with Crippen molar-refractivity contribution in [3.05, 3.63) is 58.1 Å². The van der Waals surface area contributed by atoms with Gasteiger partial charge in [-0.3, -0.25) is 9.10 Å². The van der Waals surface area contributed by atoms with Crippen molar-refractivity contribution in [2.24, 2.45) is 0 Å². The van der Waals surface area contributed by atoms with Crippen molar-refractivity contribution in [2.45, 2.75) is 56.4 Å². The number of carbonyl (C=O) groups is 1. The Labute approximate surface area is 188 Å². The van der Waals surface area contributed by atoms with E-state index in [0.717, 1.165) is 35.6 Å². The van der Waals surface area contributed by atoms with E-state index in [1.54, 1.807) is 18.2 Å². The van der Waals surface area contributed by atoms with Crippen LogP contribution in [0, 0.1) is 6.92 Å². The Kier molecular flexibility index (Phi) is 7.66. The van der Waals surface area contributed by atoms with Crippen molar-refractivity contribution < 1.29 is 13.2 Å². The lowest BCUT2D eigenvalue weighted by atomic mass is 10.1. The van der Waals surface area contributed by atoms with E-state index in [9.17, 15) is 13.2 Å². The Bertz CT molecular complexity index is 986. The number of carbonyl (C=O) groups excluding carboxylic acids is 1. The van der Waals surface area contributed by atoms with E-state index in [1.165, 1.54) is 37.1 Å². The molecule has 0 radical (unpaired) electrons. The summed E-state index contributed by atoms with van der Waals surface area (Å²) in [5.74, 6) is -0.353. The Morgan fingerprint density at radius 3 is 2.30 bits per heavy atom. The molecule has 0 spiro atoms. The highest BCUT2D eigenvalue weighted by Crippen LogP contribution is 2.33. The minimum Gasteiger partial charge on any atom is -0.352 e. The van der Waals surface area contributed by atoms with Gasteiger partial charge in [0.1, 0.15) is 6.54 Å². The molecular weight excluding hydrogens is 443 g/mol. The number of anilines is 1. The molecule has 1 amide bonds. The molecule has 1 N–H and O–H groups in total. The minimum absolute atomic E-state index is 0.0683. The van der Waals surface area contributed by atoms with Crippen molar-refractivity contribution in [3.63, 3.8) is 0 Å². The quantitative estimate of drug-likeness (QED) is 0.581. The van der Waals surface area contributed by atoms with Crippen LogP contribution in [0.25, 0.3) is 0 Å². The van der Waals surface area contributed by atoms with E-state index in [-0.39, 0.29) is 34.1 Å². The lowest BCUT2D eigenvalue weighted by Crippen LogP contribution is -2.44. The predicted molar refractivity (Wildman–Crippen MR) is 122 cm³/mol. The van der Waals surface area contributed by atoms with Gasteiger partial charge in [-0.15, -0.1) is 0 Å². The van der Waals surface area contributed by atoms with E-state index >= 15 is 0 Å². The molecule has 1 aliphatic rings. The number of benzene rings is 2. The van der Waals surface area contributed by atoms with Crippen LogP contribution >= 0.6 is 23.2 Å². The van der Waals surface area contributed by atoms with Crippen molar-refractivity contribution in [2.75, 3.05) is 10.8 Å². The molecule has 30 heavy (non-hydrogen) atoms. The first-order chi connectivity index (χ1) is 14.3. The van der Waals surface area contributed by atoms with E-state index in [2.05, 4.69) is 5.32 Å². The third-order valence-electron chi connectivity index (χ3n) is 5.29. The van der Waals surface area contributed by atoms with Gasteiger partial charge in [-0.25, -0.2) is 8.42 Å². The summed E-state index contributed by atoms with van der Waals surface area (Å²) < 4.78 is 27.9. The molecular formula is C22H26Cl2N2O3S. The topological polar surface area (TPSA) is 66.5 Å². The molecule has 162 valence electrons. The molecule has 0 bridgehead atoms. The van der Waals surface area contributed by atoms with E-state index in [4.69, 9.17) is 23.2 Å². The van der Waals surface area contributed by atoms with Crippen LogP contribution < -0.4 is 9.62 Å². The number of halogens is 2. The lowest BCUT2D eigenvalue weighted by molar-refractivity contribution is -0.120. The first kappa shape index (κ1) is 22.9. The van der Waals surface area contributed by atoms with Crippen LogP contribution in [0.2, 0.25) is 10.0 Å². The Morgan fingerprint density at radius 1 is 1.03 bits per heavy atom. The lowest BCUT2D eigenvalue weighted by Gasteiger charge is -2.26. The number of aryl methyl sites for hydroxylation is 1. The fraction of sp³-hybridized carbons (Fsp3) is 0.409. The average Bonchev–Trinajstić information content (AvgIpc) is 2.97. The smallest absolute Gasteiger partial charge is 0.264 e. The zero-order valence-electron chi connectivity index (χ0n) is 16.9. The predicted octanol–water partition coefficient (Wildman–Crippen LogP) is 5.34. The maximum atomic E-state index is 13.4. The number of nitrogens with zero attached hydrogens (tertiary/aromatic N) is 1. The number of sulfonamides is 1. The molecule has 0 heterocycles. The molecule has 0 aromatic heterocycles. The van der Waals surface area contributed by atoms with E-state index in [1.807, 2.05) is 6.92 Å². The van der Waals surface area contributed by atoms with Crippen molar-refractivity contribution in [3.8, 4) is 0 Å². The highest BCUT2D eigenvalue weighted by molar-refractivity contribution is 7.92. The maximum Gasteiger partial charge on any atom is 0.264 e. The van der Waals surface area contributed by atoms with E-state index in [0.29, 0.717) is 5.02 Å². The van der Waals surface area contributed by atoms with Crippen LogP contribution in [-0.2, 0) is 14.8 Å². The molecule has 2 aromatic rings. The molecule has 1 aliphatic carbocycles. The fourth-order valence-corrected chi connectivity index (χ4v) is 5.51. The fourth-order valence-electron chi connectivity index (χ4n) is 3.64. The third-order valence-corrected chi connectivity index (χ3v) is 7.62. The van der Waals surface area contributed by atoms with Crippen molar-refractivity contribution >= 4 is 44.8 Å². The summed E-state index contributed by atoms with van der Waals surface area (Å²) in [6.45, 7) is 1.51. The summed E-state index contributed by atoms with van der Waals surface area (Å²) in [7, 11) is -4.02. The van der Waals surface area contributed by atoms with Crippen molar-refractivity contribution in [1.29, 1.82) is 0 Å². The second-order valence-corrected chi connectivity index (χ2v) is 10.4. The zero-order chi connectivity index (χ0) is 21.7. The van der Waals surface area contributed by atoms with Gasteiger partial charge in [0.2, 0.25) is 5.91 Å². The molecule has 3 rings (SSSR count). The molecule has 2 aromatic carbocycles. The molecule has 1 fully saturated rings. The molecule has 5 nitrogen and oxygen atoms in total. The van der Waals surface area contributed by atoms with Gasteiger partial charge < -0.3 is 5.32 Å². The van der Waals surface area contributed by atoms with Gasteiger partial charge in [0, 0.05) is 11.1 Å². The monoisotopic (exact) mass is 468 g/mol. The summed E-state index contributed by atoms with van der Waals surface area (Å²) in [5.41, 5.74) is 1.12. The van der Waals surface area contributed by atoms with E-state index < -0.39 is 10.0 Å². The molecule has 0 aliphatic heterocycles. The summed E-state index contributed by atoms with van der Waals surface area (Å²) in [6.07, 6.45) is 6.28. The van der Waals surface area contributed by atoms with Gasteiger partial charge in [-0.05, 0) is 50.1 Å².